The minimum absolute atomic E-state index is 0.0597. The Labute approximate surface area is 160 Å². The van der Waals surface area contributed by atoms with Gasteiger partial charge in [0.1, 0.15) is 16.4 Å². The van der Waals surface area contributed by atoms with Gasteiger partial charge in [-0.3, -0.25) is 4.79 Å². The van der Waals surface area contributed by atoms with E-state index in [4.69, 9.17) is 9.47 Å². The molecule has 2 aromatic carbocycles. The van der Waals surface area contributed by atoms with Crippen molar-refractivity contribution in [1.82, 2.24) is 9.62 Å². The lowest BCUT2D eigenvalue weighted by atomic mass is 10.1. The van der Waals surface area contributed by atoms with Gasteiger partial charge >= 0.3 is 0 Å². The summed E-state index contributed by atoms with van der Waals surface area (Å²) in [6.45, 7) is 2.30. The van der Waals surface area contributed by atoms with Crippen molar-refractivity contribution in [2.45, 2.75) is 18.4 Å². The molecule has 0 fully saturated rings. The highest BCUT2D eigenvalue weighted by atomic mass is 32.2. The van der Waals surface area contributed by atoms with E-state index in [2.05, 4.69) is 4.72 Å². The van der Waals surface area contributed by atoms with Crippen LogP contribution in [0, 0.1) is 0 Å². The highest BCUT2D eigenvalue weighted by Crippen LogP contribution is 2.25. The Kier molecular flexibility index (Phi) is 6.81. The lowest BCUT2D eigenvalue weighted by molar-refractivity contribution is 0.0785. The number of hydrogen-bond acceptors (Lipinski definition) is 5. The van der Waals surface area contributed by atoms with Crippen LogP contribution in [0.25, 0.3) is 0 Å². The van der Waals surface area contributed by atoms with Gasteiger partial charge in [-0.1, -0.05) is 19.1 Å². The molecule has 0 radical (unpaired) electrons. The second kappa shape index (κ2) is 8.88. The number of rotatable bonds is 8. The van der Waals surface area contributed by atoms with E-state index in [1.165, 1.54) is 24.1 Å². The molecule has 146 valence electrons. The third kappa shape index (κ3) is 4.99. The van der Waals surface area contributed by atoms with Crippen LogP contribution in [0.3, 0.4) is 0 Å². The van der Waals surface area contributed by atoms with E-state index >= 15 is 0 Å². The second-order valence-electron chi connectivity index (χ2n) is 5.88. The molecule has 27 heavy (non-hydrogen) atoms. The van der Waals surface area contributed by atoms with Gasteiger partial charge in [-0.05, 0) is 35.9 Å². The normalized spacial score (nSPS) is 11.1. The first-order chi connectivity index (χ1) is 12.8. The third-order valence-electron chi connectivity index (χ3n) is 3.96. The molecule has 0 bridgehead atoms. The van der Waals surface area contributed by atoms with Crippen molar-refractivity contribution in [3.05, 3.63) is 53.6 Å². The number of nitrogens with zero attached hydrogens (tertiary/aromatic N) is 1. The van der Waals surface area contributed by atoms with Crippen LogP contribution < -0.4 is 14.2 Å². The summed E-state index contributed by atoms with van der Waals surface area (Å²) in [5.41, 5.74) is 1.20. The van der Waals surface area contributed by atoms with Crippen LogP contribution in [-0.2, 0) is 16.6 Å². The van der Waals surface area contributed by atoms with E-state index < -0.39 is 10.0 Å². The predicted molar refractivity (Wildman–Crippen MR) is 103 cm³/mol. The smallest absolute Gasteiger partial charge is 0.253 e. The molecule has 7 nitrogen and oxygen atoms in total. The molecule has 0 unspecified atom stereocenters. The van der Waals surface area contributed by atoms with Gasteiger partial charge in [0, 0.05) is 25.7 Å². The van der Waals surface area contributed by atoms with Crippen LogP contribution in [0.1, 0.15) is 22.8 Å². The molecule has 2 aromatic rings. The summed E-state index contributed by atoms with van der Waals surface area (Å²) >= 11 is 0. The lowest BCUT2D eigenvalue weighted by Crippen LogP contribution is -2.27. The Bertz CT molecular complexity index is 895. The van der Waals surface area contributed by atoms with Crippen LogP contribution in [0.15, 0.2) is 47.4 Å². The average Bonchev–Trinajstić information content (AvgIpc) is 2.67. The van der Waals surface area contributed by atoms with E-state index in [9.17, 15) is 13.2 Å². The number of amides is 1. The standard InChI is InChI=1S/C19H24N2O5S/c1-5-20-27(23,24)18-12-15(8-11-17(18)26-4)19(22)21(2)13-14-6-9-16(25-3)10-7-14/h6-12,20H,5,13H2,1-4H3. The van der Waals surface area contributed by atoms with E-state index in [1.54, 1.807) is 27.1 Å². The van der Waals surface area contributed by atoms with Crippen molar-refractivity contribution < 1.29 is 22.7 Å². The minimum Gasteiger partial charge on any atom is -0.497 e. The molecule has 1 N–H and O–H groups in total. The van der Waals surface area contributed by atoms with Gasteiger partial charge in [-0.25, -0.2) is 13.1 Å². The first kappa shape index (κ1) is 20.7. The zero-order valence-corrected chi connectivity index (χ0v) is 16.7. The van der Waals surface area contributed by atoms with E-state index in [0.717, 1.165) is 11.3 Å². The van der Waals surface area contributed by atoms with Crippen LogP contribution in [0.4, 0.5) is 0 Å². The van der Waals surface area contributed by atoms with E-state index in [-0.39, 0.29) is 28.7 Å². The molecule has 0 aromatic heterocycles. The van der Waals surface area contributed by atoms with Crippen LogP contribution in [-0.4, -0.2) is 47.0 Å². The minimum atomic E-state index is -3.76. The van der Waals surface area contributed by atoms with Gasteiger partial charge in [0.05, 0.1) is 14.2 Å². The first-order valence-corrected chi connectivity index (χ1v) is 9.86. The SMILES string of the molecule is CCNS(=O)(=O)c1cc(C(=O)N(C)Cc2ccc(OC)cc2)ccc1OC. The number of ether oxygens (including phenoxy) is 2. The van der Waals surface area contributed by atoms with Crippen molar-refractivity contribution >= 4 is 15.9 Å². The number of carbonyl (C=O) groups excluding carboxylic acids is 1. The maximum Gasteiger partial charge on any atom is 0.253 e. The summed E-state index contributed by atoms with van der Waals surface area (Å²) < 4.78 is 37.4. The quantitative estimate of drug-likeness (QED) is 0.745. The molecular formula is C19H24N2O5S. The zero-order valence-electron chi connectivity index (χ0n) is 15.9. The van der Waals surface area contributed by atoms with Crippen molar-refractivity contribution in [3.63, 3.8) is 0 Å². The summed E-state index contributed by atoms with van der Waals surface area (Å²) in [7, 11) is 0.878. The Balaban J connectivity index is 2.26. The molecule has 2 rings (SSSR count). The summed E-state index contributed by atoms with van der Waals surface area (Å²) in [6, 6.07) is 11.8. The molecule has 0 saturated heterocycles. The molecular weight excluding hydrogens is 368 g/mol. The summed E-state index contributed by atoms with van der Waals surface area (Å²) in [6.07, 6.45) is 0. The number of nitrogens with one attached hydrogen (secondary N) is 1. The predicted octanol–water partition coefficient (Wildman–Crippen LogP) is 2.27. The van der Waals surface area contributed by atoms with E-state index in [0.29, 0.717) is 6.54 Å². The van der Waals surface area contributed by atoms with Crippen LogP contribution in [0.5, 0.6) is 11.5 Å². The topological polar surface area (TPSA) is 84.9 Å². The fraction of sp³-hybridized carbons (Fsp3) is 0.316. The van der Waals surface area contributed by atoms with Gasteiger partial charge in [-0.2, -0.15) is 0 Å². The molecule has 0 aliphatic carbocycles. The Morgan fingerprint density at radius 1 is 1.07 bits per heavy atom. The number of hydrogen-bond donors (Lipinski definition) is 1. The molecule has 0 heterocycles. The van der Waals surface area contributed by atoms with Crippen molar-refractivity contribution in [2.24, 2.45) is 0 Å². The molecule has 8 heteroatoms. The Morgan fingerprint density at radius 3 is 2.30 bits per heavy atom. The number of carbonyl (C=O) groups is 1. The van der Waals surface area contributed by atoms with E-state index in [1.807, 2.05) is 24.3 Å². The molecule has 1 amide bonds. The Hall–Kier alpha value is -2.58. The molecule has 0 saturated carbocycles. The first-order valence-electron chi connectivity index (χ1n) is 8.38. The van der Waals surface area contributed by atoms with Gasteiger partial charge in [0.15, 0.2) is 0 Å². The molecule has 0 spiro atoms. The second-order valence-corrected chi connectivity index (χ2v) is 7.61. The molecule has 0 aliphatic heterocycles. The zero-order chi connectivity index (χ0) is 20.0. The van der Waals surface area contributed by atoms with Gasteiger partial charge in [0.25, 0.3) is 5.91 Å². The van der Waals surface area contributed by atoms with Crippen molar-refractivity contribution in [3.8, 4) is 11.5 Å². The molecule has 0 atom stereocenters. The average molecular weight is 392 g/mol. The third-order valence-corrected chi connectivity index (χ3v) is 5.53. The maximum atomic E-state index is 12.8. The fourth-order valence-electron chi connectivity index (χ4n) is 2.58. The molecule has 0 aliphatic rings. The van der Waals surface area contributed by atoms with Gasteiger partial charge in [0.2, 0.25) is 10.0 Å². The highest BCUT2D eigenvalue weighted by Gasteiger charge is 2.22. The summed E-state index contributed by atoms with van der Waals surface area (Å²) in [5.74, 6) is 0.632. The maximum absolute atomic E-state index is 12.8. The summed E-state index contributed by atoms with van der Waals surface area (Å²) in [5, 5.41) is 0. The lowest BCUT2D eigenvalue weighted by Gasteiger charge is -2.19. The van der Waals surface area contributed by atoms with Gasteiger partial charge < -0.3 is 14.4 Å². The fourth-order valence-corrected chi connectivity index (χ4v) is 3.82. The number of methoxy groups -OCH3 is 2. The van der Waals surface area contributed by atoms with Gasteiger partial charge in [-0.15, -0.1) is 0 Å². The largest absolute Gasteiger partial charge is 0.497 e. The highest BCUT2D eigenvalue weighted by molar-refractivity contribution is 7.89. The van der Waals surface area contributed by atoms with Crippen molar-refractivity contribution in [2.75, 3.05) is 27.8 Å². The monoisotopic (exact) mass is 392 g/mol. The number of sulfonamides is 1. The summed E-state index contributed by atoms with van der Waals surface area (Å²) in [4.78, 5) is 14.2. The van der Waals surface area contributed by atoms with Crippen LogP contribution in [0.2, 0.25) is 0 Å². The van der Waals surface area contributed by atoms with Crippen LogP contribution >= 0.6 is 0 Å². The Morgan fingerprint density at radius 2 is 1.74 bits per heavy atom. The number of benzene rings is 2. The van der Waals surface area contributed by atoms with Crippen molar-refractivity contribution in [1.29, 1.82) is 0 Å².